The Hall–Kier alpha value is -1.68. The van der Waals surface area contributed by atoms with Gasteiger partial charge in [0.15, 0.2) is 0 Å². The zero-order valence-corrected chi connectivity index (χ0v) is 12.1. The first-order chi connectivity index (χ1) is 9.06. The van der Waals surface area contributed by atoms with E-state index in [1.54, 1.807) is 0 Å². The van der Waals surface area contributed by atoms with Gasteiger partial charge in [0.25, 0.3) is 0 Å². The molecule has 0 atom stereocenters. The topological polar surface area (TPSA) is 42.7 Å². The van der Waals surface area contributed by atoms with E-state index >= 15 is 0 Å². The van der Waals surface area contributed by atoms with Crippen LogP contribution >= 0.6 is 0 Å². The smallest absolute Gasteiger partial charge is 0.0969 e. The first-order valence-corrected chi connectivity index (χ1v) is 6.76. The highest BCUT2D eigenvalue weighted by Gasteiger charge is 2.05. The molecule has 0 saturated carbocycles. The van der Waals surface area contributed by atoms with Crippen LogP contribution in [0.3, 0.4) is 0 Å². The molecule has 102 valence electrons. The van der Waals surface area contributed by atoms with Crippen molar-refractivity contribution in [2.75, 3.05) is 6.54 Å². The van der Waals surface area contributed by atoms with E-state index < -0.39 is 0 Å². The number of aryl methyl sites for hydroxylation is 2. The Kier molecular flexibility index (Phi) is 4.32. The van der Waals surface area contributed by atoms with E-state index in [9.17, 15) is 0 Å². The summed E-state index contributed by atoms with van der Waals surface area (Å²) in [5.74, 6) is 0.647. The zero-order chi connectivity index (χ0) is 13.8. The van der Waals surface area contributed by atoms with Crippen molar-refractivity contribution in [3.8, 4) is 5.69 Å². The van der Waals surface area contributed by atoms with Crippen molar-refractivity contribution in [1.29, 1.82) is 0 Å². The van der Waals surface area contributed by atoms with Gasteiger partial charge in [-0.25, -0.2) is 4.68 Å². The molecule has 2 rings (SSSR count). The number of hydrogen-bond donors (Lipinski definition) is 1. The number of rotatable bonds is 5. The lowest BCUT2D eigenvalue weighted by molar-refractivity contribution is 0.548. The number of aromatic nitrogens is 3. The van der Waals surface area contributed by atoms with Gasteiger partial charge in [-0.05, 0) is 43.5 Å². The van der Waals surface area contributed by atoms with Crippen LogP contribution in [-0.4, -0.2) is 21.5 Å². The van der Waals surface area contributed by atoms with Crippen LogP contribution in [0, 0.1) is 19.8 Å². The molecule has 2 aromatic rings. The Morgan fingerprint density at radius 3 is 2.79 bits per heavy atom. The van der Waals surface area contributed by atoms with Crippen LogP contribution in [0.1, 0.15) is 30.7 Å². The SMILES string of the molecule is Cc1ccc(C)c(-n2cc(CNCC(C)C)nn2)c1. The van der Waals surface area contributed by atoms with Gasteiger partial charge in [-0.1, -0.05) is 31.2 Å². The van der Waals surface area contributed by atoms with Gasteiger partial charge < -0.3 is 5.32 Å². The third-order valence-corrected chi connectivity index (χ3v) is 3.01. The van der Waals surface area contributed by atoms with Gasteiger partial charge >= 0.3 is 0 Å². The third-order valence-electron chi connectivity index (χ3n) is 3.01. The minimum absolute atomic E-state index is 0.647. The quantitative estimate of drug-likeness (QED) is 0.896. The van der Waals surface area contributed by atoms with E-state index in [2.05, 4.69) is 61.5 Å². The second-order valence-corrected chi connectivity index (χ2v) is 5.47. The van der Waals surface area contributed by atoms with Gasteiger partial charge in [-0.15, -0.1) is 5.10 Å². The molecule has 1 heterocycles. The predicted molar refractivity (Wildman–Crippen MR) is 77.4 cm³/mol. The fourth-order valence-corrected chi connectivity index (χ4v) is 1.95. The van der Waals surface area contributed by atoms with Gasteiger partial charge in [0.1, 0.15) is 0 Å². The van der Waals surface area contributed by atoms with E-state index in [0.717, 1.165) is 24.5 Å². The summed E-state index contributed by atoms with van der Waals surface area (Å²) in [6, 6.07) is 6.36. The van der Waals surface area contributed by atoms with E-state index in [4.69, 9.17) is 0 Å². The van der Waals surface area contributed by atoms with Gasteiger partial charge in [0, 0.05) is 6.54 Å². The highest BCUT2D eigenvalue weighted by molar-refractivity contribution is 5.42. The van der Waals surface area contributed by atoms with Gasteiger partial charge in [-0.3, -0.25) is 0 Å². The van der Waals surface area contributed by atoms with E-state index in [0.29, 0.717) is 5.92 Å². The molecule has 1 N–H and O–H groups in total. The molecule has 0 aliphatic heterocycles. The minimum atomic E-state index is 0.647. The van der Waals surface area contributed by atoms with Crippen molar-refractivity contribution in [1.82, 2.24) is 20.3 Å². The van der Waals surface area contributed by atoms with Gasteiger partial charge in [0.2, 0.25) is 0 Å². The highest BCUT2D eigenvalue weighted by atomic mass is 15.4. The summed E-state index contributed by atoms with van der Waals surface area (Å²) in [6.07, 6.45) is 2.00. The Bertz CT molecular complexity index is 543. The van der Waals surface area contributed by atoms with Crippen molar-refractivity contribution in [2.45, 2.75) is 34.2 Å². The minimum Gasteiger partial charge on any atom is -0.311 e. The Morgan fingerprint density at radius 1 is 1.26 bits per heavy atom. The van der Waals surface area contributed by atoms with Crippen molar-refractivity contribution < 1.29 is 0 Å². The largest absolute Gasteiger partial charge is 0.311 e. The summed E-state index contributed by atoms with van der Waals surface area (Å²) in [5, 5.41) is 11.8. The Morgan fingerprint density at radius 2 is 2.05 bits per heavy atom. The second kappa shape index (κ2) is 5.97. The lowest BCUT2D eigenvalue weighted by atomic mass is 10.1. The van der Waals surface area contributed by atoms with Crippen LogP contribution in [0.5, 0.6) is 0 Å². The second-order valence-electron chi connectivity index (χ2n) is 5.47. The molecular weight excluding hydrogens is 236 g/mol. The van der Waals surface area contributed by atoms with Crippen LogP contribution in [0.4, 0.5) is 0 Å². The summed E-state index contributed by atoms with van der Waals surface area (Å²) in [5.41, 5.74) is 4.51. The van der Waals surface area contributed by atoms with Crippen LogP contribution in [-0.2, 0) is 6.54 Å². The molecule has 19 heavy (non-hydrogen) atoms. The van der Waals surface area contributed by atoms with E-state index in [1.165, 1.54) is 11.1 Å². The normalized spacial score (nSPS) is 11.2. The molecule has 0 spiro atoms. The van der Waals surface area contributed by atoms with Crippen molar-refractivity contribution >= 4 is 0 Å². The van der Waals surface area contributed by atoms with Crippen molar-refractivity contribution in [3.05, 3.63) is 41.2 Å². The number of nitrogens with zero attached hydrogens (tertiary/aromatic N) is 3. The molecule has 0 saturated heterocycles. The summed E-state index contributed by atoms with van der Waals surface area (Å²) in [6.45, 7) is 10.3. The lowest BCUT2D eigenvalue weighted by Crippen LogP contribution is -2.19. The Labute approximate surface area is 114 Å². The summed E-state index contributed by atoms with van der Waals surface area (Å²) >= 11 is 0. The van der Waals surface area contributed by atoms with Crippen LogP contribution < -0.4 is 5.32 Å². The summed E-state index contributed by atoms with van der Waals surface area (Å²) < 4.78 is 1.86. The molecular formula is C15H22N4. The number of nitrogens with one attached hydrogen (secondary N) is 1. The first-order valence-electron chi connectivity index (χ1n) is 6.76. The van der Waals surface area contributed by atoms with E-state index in [1.807, 2.05) is 10.9 Å². The molecule has 0 aliphatic carbocycles. The molecule has 0 unspecified atom stereocenters. The highest BCUT2D eigenvalue weighted by Crippen LogP contribution is 2.14. The average Bonchev–Trinajstić information content (AvgIpc) is 2.80. The molecule has 0 aliphatic rings. The number of benzene rings is 1. The van der Waals surface area contributed by atoms with Gasteiger partial charge in [-0.2, -0.15) is 0 Å². The zero-order valence-electron chi connectivity index (χ0n) is 12.1. The fraction of sp³-hybridized carbons (Fsp3) is 0.467. The summed E-state index contributed by atoms with van der Waals surface area (Å²) in [4.78, 5) is 0. The number of hydrogen-bond acceptors (Lipinski definition) is 3. The van der Waals surface area contributed by atoms with Gasteiger partial charge in [0.05, 0.1) is 17.6 Å². The van der Waals surface area contributed by atoms with Crippen LogP contribution in [0.15, 0.2) is 24.4 Å². The molecule has 1 aromatic heterocycles. The maximum Gasteiger partial charge on any atom is 0.0969 e. The summed E-state index contributed by atoms with van der Waals surface area (Å²) in [7, 11) is 0. The van der Waals surface area contributed by atoms with Crippen LogP contribution in [0.25, 0.3) is 5.69 Å². The van der Waals surface area contributed by atoms with Crippen molar-refractivity contribution in [2.24, 2.45) is 5.92 Å². The third kappa shape index (κ3) is 3.64. The first kappa shape index (κ1) is 13.7. The van der Waals surface area contributed by atoms with Crippen molar-refractivity contribution in [3.63, 3.8) is 0 Å². The Balaban J connectivity index is 2.10. The maximum absolute atomic E-state index is 4.21. The molecule has 0 bridgehead atoms. The van der Waals surface area contributed by atoms with Crippen LogP contribution in [0.2, 0.25) is 0 Å². The lowest BCUT2D eigenvalue weighted by Gasteiger charge is -2.06. The molecule has 1 aromatic carbocycles. The maximum atomic E-state index is 4.21. The standard InChI is InChI=1S/C15H22N4/c1-11(2)8-16-9-14-10-19(18-17-14)15-7-12(3)5-6-13(15)4/h5-7,10-11,16H,8-9H2,1-4H3. The monoisotopic (exact) mass is 258 g/mol. The average molecular weight is 258 g/mol. The molecule has 4 nitrogen and oxygen atoms in total. The molecule has 0 radical (unpaired) electrons. The predicted octanol–water partition coefficient (Wildman–Crippen LogP) is 2.63. The van der Waals surface area contributed by atoms with E-state index in [-0.39, 0.29) is 0 Å². The molecule has 0 fully saturated rings. The molecule has 4 heteroatoms. The molecule has 0 amide bonds. The fourth-order valence-electron chi connectivity index (χ4n) is 1.95.